The van der Waals surface area contributed by atoms with E-state index in [1.54, 1.807) is 9.80 Å². The van der Waals surface area contributed by atoms with Crippen LogP contribution in [0.3, 0.4) is 0 Å². The molecule has 2 fully saturated rings. The number of ether oxygens (including phenoxy) is 3. The highest BCUT2D eigenvalue weighted by atomic mass is 16.6. The second kappa shape index (κ2) is 13.7. The number of hydrogen-bond donors (Lipinski definition) is 0. The third-order valence-corrected chi connectivity index (χ3v) is 7.28. The molecular weight excluding hydrogens is 522 g/mol. The van der Waals surface area contributed by atoms with Crippen LogP contribution in [0.4, 0.5) is 10.5 Å². The third-order valence-electron chi connectivity index (χ3n) is 7.28. The highest BCUT2D eigenvalue weighted by Crippen LogP contribution is 2.28. The van der Waals surface area contributed by atoms with Crippen molar-refractivity contribution in [1.29, 1.82) is 0 Å². The summed E-state index contributed by atoms with van der Waals surface area (Å²) >= 11 is 0. The van der Waals surface area contributed by atoms with Gasteiger partial charge in [-0.2, -0.15) is 0 Å². The van der Waals surface area contributed by atoms with E-state index in [1.165, 1.54) is 0 Å². The fourth-order valence-corrected chi connectivity index (χ4v) is 5.23. The van der Waals surface area contributed by atoms with Crippen molar-refractivity contribution in [3.8, 4) is 5.75 Å². The van der Waals surface area contributed by atoms with Crippen LogP contribution in [0.25, 0.3) is 0 Å². The zero-order valence-electron chi connectivity index (χ0n) is 24.7. The van der Waals surface area contributed by atoms with Crippen molar-refractivity contribution in [2.24, 2.45) is 5.92 Å². The summed E-state index contributed by atoms with van der Waals surface area (Å²) in [4.78, 5) is 44.2. The fourth-order valence-electron chi connectivity index (χ4n) is 5.23. The van der Waals surface area contributed by atoms with E-state index in [0.717, 1.165) is 30.6 Å². The molecule has 0 spiro atoms. The largest absolute Gasteiger partial charge is 0.480 e. The number of hydrogen-bond acceptors (Lipinski definition) is 7. The van der Waals surface area contributed by atoms with Crippen molar-refractivity contribution < 1.29 is 28.6 Å². The Labute approximate surface area is 243 Å². The summed E-state index contributed by atoms with van der Waals surface area (Å²) in [5, 5.41) is 0. The summed E-state index contributed by atoms with van der Waals surface area (Å²) < 4.78 is 17.2. The summed E-state index contributed by atoms with van der Waals surface area (Å²) in [7, 11) is 0. The van der Waals surface area contributed by atoms with Gasteiger partial charge in [-0.05, 0) is 58.2 Å². The molecule has 0 radical (unpaired) electrons. The van der Waals surface area contributed by atoms with Crippen molar-refractivity contribution in [3.05, 3.63) is 60.2 Å². The van der Waals surface area contributed by atoms with Crippen LogP contribution in [0.2, 0.25) is 0 Å². The molecule has 0 saturated carbocycles. The molecule has 2 aromatic carbocycles. The molecule has 2 saturated heterocycles. The van der Waals surface area contributed by atoms with Crippen molar-refractivity contribution in [1.82, 2.24) is 9.80 Å². The number of nitrogens with zero attached hydrogens (tertiary/aromatic N) is 3. The number of carbonyl (C=O) groups excluding carboxylic acids is 3. The van der Waals surface area contributed by atoms with Crippen LogP contribution >= 0.6 is 0 Å². The van der Waals surface area contributed by atoms with Gasteiger partial charge in [0.25, 0.3) is 5.91 Å². The number of amides is 2. The van der Waals surface area contributed by atoms with Gasteiger partial charge in [0, 0.05) is 57.4 Å². The fraction of sp³-hybridized carbons (Fsp3) is 0.531. The Bertz CT molecular complexity index is 1170. The Balaban J connectivity index is 1.45. The van der Waals surface area contributed by atoms with Crippen molar-refractivity contribution in [2.75, 3.05) is 50.8 Å². The van der Waals surface area contributed by atoms with Gasteiger partial charge in [-0.25, -0.2) is 4.79 Å². The van der Waals surface area contributed by atoms with Crippen molar-refractivity contribution in [2.45, 2.75) is 58.7 Å². The number of anilines is 1. The Kier molecular flexibility index (Phi) is 10.1. The Morgan fingerprint density at radius 3 is 2.32 bits per heavy atom. The smallest absolute Gasteiger partial charge is 0.410 e. The van der Waals surface area contributed by atoms with Crippen LogP contribution in [0.1, 0.15) is 46.1 Å². The van der Waals surface area contributed by atoms with Crippen LogP contribution < -0.4 is 9.64 Å². The van der Waals surface area contributed by atoms with Crippen LogP contribution in [-0.4, -0.2) is 85.3 Å². The van der Waals surface area contributed by atoms with Gasteiger partial charge in [0.1, 0.15) is 11.4 Å². The number of piperidine rings is 1. The summed E-state index contributed by atoms with van der Waals surface area (Å²) in [5.41, 5.74) is 1.39. The van der Waals surface area contributed by atoms with Crippen LogP contribution in [-0.2, 0) is 25.5 Å². The van der Waals surface area contributed by atoms with E-state index in [2.05, 4.69) is 4.90 Å². The maximum absolute atomic E-state index is 13.8. The van der Waals surface area contributed by atoms with E-state index in [0.29, 0.717) is 51.5 Å². The standard InChI is InChI=1S/C32H43N3O6/c1-5-39-30(37)25-13-10-16-35(23-25)26-14-9-15-27(22-26)40-28(21-24-11-7-6-8-12-24)29(36)33-17-19-34(20-18-33)31(38)41-32(2,3)4/h6-9,11-12,14-15,22,25,28H,5,10,13,16-21,23H2,1-4H3. The normalized spacial score (nSPS) is 18.4. The first-order chi connectivity index (χ1) is 19.6. The van der Waals surface area contributed by atoms with Gasteiger partial charge in [0.2, 0.25) is 0 Å². The molecule has 2 amide bonds. The molecule has 0 bridgehead atoms. The summed E-state index contributed by atoms with van der Waals surface area (Å²) in [5.74, 6) is 0.191. The molecule has 2 aliphatic heterocycles. The van der Waals surface area contributed by atoms with Gasteiger partial charge in [-0.3, -0.25) is 9.59 Å². The third kappa shape index (κ3) is 8.62. The van der Waals surface area contributed by atoms with Crippen LogP contribution in [0.5, 0.6) is 5.75 Å². The average Bonchev–Trinajstić information content (AvgIpc) is 2.96. The lowest BCUT2D eigenvalue weighted by Crippen LogP contribution is -2.54. The van der Waals surface area contributed by atoms with Crippen LogP contribution in [0, 0.1) is 5.92 Å². The van der Waals surface area contributed by atoms with Gasteiger partial charge in [0.05, 0.1) is 12.5 Å². The predicted octanol–water partition coefficient (Wildman–Crippen LogP) is 4.54. The average molecular weight is 566 g/mol. The predicted molar refractivity (Wildman–Crippen MR) is 157 cm³/mol. The van der Waals surface area contributed by atoms with E-state index in [4.69, 9.17) is 14.2 Å². The van der Waals surface area contributed by atoms with Gasteiger partial charge in [0.15, 0.2) is 6.10 Å². The summed E-state index contributed by atoms with van der Waals surface area (Å²) in [6.45, 7) is 10.8. The first-order valence-electron chi connectivity index (χ1n) is 14.6. The molecule has 4 rings (SSSR count). The molecule has 2 aromatic rings. The monoisotopic (exact) mass is 565 g/mol. The quantitative estimate of drug-likeness (QED) is 0.435. The lowest BCUT2D eigenvalue weighted by atomic mass is 9.97. The molecule has 222 valence electrons. The molecule has 2 aliphatic rings. The van der Waals surface area contributed by atoms with E-state index in [1.807, 2.05) is 82.3 Å². The molecule has 9 heteroatoms. The number of carbonyl (C=O) groups is 3. The van der Waals surface area contributed by atoms with Gasteiger partial charge in [-0.1, -0.05) is 36.4 Å². The van der Waals surface area contributed by atoms with Gasteiger partial charge < -0.3 is 28.9 Å². The molecule has 0 aliphatic carbocycles. The van der Waals surface area contributed by atoms with Gasteiger partial charge in [-0.15, -0.1) is 0 Å². The molecule has 0 aromatic heterocycles. The van der Waals surface area contributed by atoms with Crippen molar-refractivity contribution >= 4 is 23.7 Å². The lowest BCUT2D eigenvalue weighted by molar-refractivity contribution is -0.148. The Morgan fingerprint density at radius 2 is 1.63 bits per heavy atom. The first kappa shape index (κ1) is 30.2. The zero-order chi connectivity index (χ0) is 29.4. The lowest BCUT2D eigenvalue weighted by Gasteiger charge is -2.37. The van der Waals surface area contributed by atoms with Crippen LogP contribution in [0.15, 0.2) is 54.6 Å². The molecule has 2 atom stereocenters. The zero-order valence-corrected chi connectivity index (χ0v) is 24.7. The summed E-state index contributed by atoms with van der Waals surface area (Å²) in [6, 6.07) is 17.6. The molecule has 41 heavy (non-hydrogen) atoms. The Hall–Kier alpha value is -3.75. The molecule has 2 heterocycles. The molecule has 0 N–H and O–H groups in total. The maximum Gasteiger partial charge on any atom is 0.410 e. The van der Waals surface area contributed by atoms with E-state index < -0.39 is 11.7 Å². The number of esters is 1. The molecular formula is C32H43N3O6. The second-order valence-electron chi connectivity index (χ2n) is 11.6. The van der Waals surface area contributed by atoms with Gasteiger partial charge >= 0.3 is 12.1 Å². The number of rotatable bonds is 8. The second-order valence-corrected chi connectivity index (χ2v) is 11.6. The highest BCUT2D eigenvalue weighted by molar-refractivity contribution is 5.82. The molecule has 2 unspecified atom stereocenters. The molecule has 9 nitrogen and oxygen atoms in total. The minimum atomic E-state index is -0.727. The van der Waals surface area contributed by atoms with E-state index >= 15 is 0 Å². The van der Waals surface area contributed by atoms with E-state index in [-0.39, 0.29) is 23.9 Å². The topological polar surface area (TPSA) is 88.6 Å². The SMILES string of the molecule is CCOC(=O)C1CCCN(c2cccc(OC(Cc3ccccc3)C(=O)N3CCN(C(=O)OC(C)(C)C)CC3)c2)C1. The first-order valence-corrected chi connectivity index (χ1v) is 14.6. The van der Waals surface area contributed by atoms with E-state index in [9.17, 15) is 14.4 Å². The van der Waals surface area contributed by atoms with Crippen molar-refractivity contribution in [3.63, 3.8) is 0 Å². The Morgan fingerprint density at radius 1 is 0.927 bits per heavy atom. The minimum Gasteiger partial charge on any atom is -0.480 e. The maximum atomic E-state index is 13.8. The highest BCUT2D eigenvalue weighted by Gasteiger charge is 2.32. The minimum absolute atomic E-state index is 0.108. The summed E-state index contributed by atoms with van der Waals surface area (Å²) in [6.07, 6.45) is 1.06. The number of piperazine rings is 1. The number of benzene rings is 2.